The van der Waals surface area contributed by atoms with E-state index in [4.69, 9.17) is 23.2 Å². The highest BCUT2D eigenvalue weighted by molar-refractivity contribution is 6.58. The van der Waals surface area contributed by atoms with Crippen molar-refractivity contribution in [3.05, 3.63) is 71.3 Å². The zero-order chi connectivity index (χ0) is 27.3. The first-order valence-electron chi connectivity index (χ1n) is 11.9. The predicted octanol–water partition coefficient (Wildman–Crippen LogP) is 3.86. The van der Waals surface area contributed by atoms with Gasteiger partial charge in [-0.15, -0.1) is 23.2 Å². The van der Waals surface area contributed by atoms with Crippen molar-refractivity contribution in [3.63, 3.8) is 0 Å². The first kappa shape index (κ1) is 25.0. The molecule has 11 heteroatoms. The summed E-state index contributed by atoms with van der Waals surface area (Å²) >= 11 is 14.2. The minimum Gasteiger partial charge on any atom is -0.505 e. The molecule has 3 fully saturated rings. The fraction of sp³-hybridized carbons (Fsp3) is 0.333. The average molecular weight is 561 g/mol. The summed E-state index contributed by atoms with van der Waals surface area (Å²) in [5.74, 6) is -8.64. The number of para-hydroxylation sites is 1. The Hall–Kier alpha value is -3.30. The van der Waals surface area contributed by atoms with Gasteiger partial charge in [0.05, 0.1) is 17.5 Å². The Morgan fingerprint density at radius 3 is 2.32 bits per heavy atom. The summed E-state index contributed by atoms with van der Waals surface area (Å²) in [5.41, 5.74) is 0.378. The average Bonchev–Trinajstić information content (AvgIpc) is 3.20. The van der Waals surface area contributed by atoms with E-state index in [0.717, 1.165) is 28.0 Å². The lowest BCUT2D eigenvalue weighted by Gasteiger charge is -2.50. The van der Waals surface area contributed by atoms with Crippen molar-refractivity contribution < 1.29 is 33.1 Å². The van der Waals surface area contributed by atoms with Crippen LogP contribution in [0.1, 0.15) is 24.3 Å². The minimum atomic E-state index is -2.24. The van der Waals surface area contributed by atoms with Gasteiger partial charge in [-0.2, -0.15) is 0 Å². The van der Waals surface area contributed by atoms with Gasteiger partial charge in [0.15, 0.2) is 21.3 Å². The fourth-order valence-corrected chi connectivity index (χ4v) is 7.59. The van der Waals surface area contributed by atoms with Crippen molar-refractivity contribution in [1.29, 1.82) is 0 Å². The van der Waals surface area contributed by atoms with E-state index in [1.54, 1.807) is 6.08 Å². The number of fused-ring (bicyclic) bond motifs is 4. The Morgan fingerprint density at radius 1 is 0.947 bits per heavy atom. The van der Waals surface area contributed by atoms with Gasteiger partial charge in [0.25, 0.3) is 11.8 Å². The number of carbonyl (C=O) groups is 4. The van der Waals surface area contributed by atoms with Crippen LogP contribution in [0.3, 0.4) is 0 Å². The number of phenols is 1. The summed E-state index contributed by atoms with van der Waals surface area (Å²) in [6.07, 6.45) is 1.58. The van der Waals surface area contributed by atoms with E-state index in [1.165, 1.54) is 31.3 Å². The molecule has 2 aliphatic carbocycles. The zero-order valence-corrected chi connectivity index (χ0v) is 21.3. The minimum absolute atomic E-state index is 0.0275. The van der Waals surface area contributed by atoms with E-state index >= 15 is 0 Å². The zero-order valence-electron chi connectivity index (χ0n) is 19.8. The van der Waals surface area contributed by atoms with Crippen molar-refractivity contribution in [2.24, 2.45) is 17.8 Å². The van der Waals surface area contributed by atoms with Crippen molar-refractivity contribution in [3.8, 4) is 5.75 Å². The van der Waals surface area contributed by atoms with Crippen molar-refractivity contribution in [1.82, 2.24) is 4.90 Å². The molecule has 2 aliphatic heterocycles. The van der Waals surface area contributed by atoms with Crippen LogP contribution in [-0.4, -0.2) is 50.4 Å². The molecule has 196 valence electrons. The number of anilines is 1. The number of amides is 4. The van der Waals surface area contributed by atoms with Gasteiger partial charge in [-0.05, 0) is 49.1 Å². The maximum absolute atomic E-state index is 14.6. The molecule has 0 radical (unpaired) electrons. The number of carbonyl (C=O) groups excluding carboxylic acids is 4. The molecular weight excluding hydrogens is 541 g/mol. The van der Waals surface area contributed by atoms with Gasteiger partial charge in [-0.3, -0.25) is 24.1 Å². The third-order valence-corrected chi connectivity index (χ3v) is 9.86. The molecule has 1 saturated carbocycles. The van der Waals surface area contributed by atoms with Crippen LogP contribution < -0.4 is 4.90 Å². The fourth-order valence-electron chi connectivity index (χ4n) is 6.67. The number of imide groups is 2. The van der Waals surface area contributed by atoms with Gasteiger partial charge < -0.3 is 5.11 Å². The molecule has 4 aliphatic rings. The van der Waals surface area contributed by atoms with Crippen LogP contribution in [0.2, 0.25) is 0 Å². The number of phenolic OH excluding ortho intramolecular Hbond substituents is 1. The predicted molar refractivity (Wildman–Crippen MR) is 132 cm³/mol. The van der Waals surface area contributed by atoms with Crippen molar-refractivity contribution in [2.45, 2.75) is 28.5 Å². The second-order valence-electron chi connectivity index (χ2n) is 10.2. The van der Waals surface area contributed by atoms with Crippen LogP contribution in [0.4, 0.5) is 14.5 Å². The summed E-state index contributed by atoms with van der Waals surface area (Å²) in [4.78, 5) is 51.4. The lowest BCUT2D eigenvalue weighted by atomic mass is 9.56. The highest BCUT2D eigenvalue weighted by Gasteiger charge is 2.76. The topological polar surface area (TPSA) is 95.0 Å². The quantitative estimate of drug-likeness (QED) is 0.342. The number of likely N-dealkylation sites (tertiary alicyclic amines) is 1. The molecule has 38 heavy (non-hydrogen) atoms. The van der Waals surface area contributed by atoms with Crippen molar-refractivity contribution in [2.75, 3.05) is 11.9 Å². The smallest absolute Gasteiger partial charge is 0.258 e. The van der Waals surface area contributed by atoms with Gasteiger partial charge in [-0.25, -0.2) is 13.7 Å². The second-order valence-corrected chi connectivity index (χ2v) is 11.4. The number of nitrogens with zero attached hydrogens (tertiary/aromatic N) is 2. The molecular formula is C27H20Cl2F2N2O5. The van der Waals surface area contributed by atoms with Crippen LogP contribution >= 0.6 is 23.2 Å². The Morgan fingerprint density at radius 2 is 1.63 bits per heavy atom. The van der Waals surface area contributed by atoms with Gasteiger partial charge in [0, 0.05) is 18.5 Å². The number of halogens is 4. The number of alkyl halides is 2. The molecule has 0 bridgehead atoms. The van der Waals surface area contributed by atoms with E-state index in [9.17, 15) is 33.1 Å². The summed E-state index contributed by atoms with van der Waals surface area (Å²) in [5, 5.41) is 10.8. The normalized spacial score (nSPS) is 34.3. The van der Waals surface area contributed by atoms with E-state index in [2.05, 4.69) is 0 Å². The molecule has 2 aromatic carbocycles. The largest absolute Gasteiger partial charge is 0.505 e. The third-order valence-electron chi connectivity index (χ3n) is 8.45. The van der Waals surface area contributed by atoms with Gasteiger partial charge in [-0.1, -0.05) is 23.8 Å². The SMILES string of the molecule is CN1C(=O)C2CC=C3C(CC4(Cl)C(=O)N(c5ccc(F)cc5)C(=O)C4(Cl)C3c3cccc(F)c3O)C2C1=O. The van der Waals surface area contributed by atoms with Crippen LogP contribution in [0.5, 0.6) is 5.75 Å². The van der Waals surface area contributed by atoms with Gasteiger partial charge in [0.1, 0.15) is 5.82 Å². The summed E-state index contributed by atoms with van der Waals surface area (Å²) in [6, 6.07) is 8.34. The lowest BCUT2D eigenvalue weighted by molar-refractivity contribution is -0.138. The number of allylic oxidation sites excluding steroid dienone is 2. The molecule has 6 rings (SSSR count). The number of benzene rings is 2. The molecule has 0 spiro atoms. The summed E-state index contributed by atoms with van der Waals surface area (Å²) < 4.78 is 28.2. The van der Waals surface area contributed by atoms with E-state index < -0.39 is 68.5 Å². The Balaban J connectivity index is 1.60. The molecule has 2 heterocycles. The van der Waals surface area contributed by atoms with Crippen molar-refractivity contribution >= 4 is 52.5 Å². The summed E-state index contributed by atoms with van der Waals surface area (Å²) in [7, 11) is 1.38. The number of hydrogen-bond donors (Lipinski definition) is 1. The van der Waals surface area contributed by atoms with E-state index in [0.29, 0.717) is 5.57 Å². The molecule has 2 saturated heterocycles. The standard InChI is InChI=1S/C27H20Cl2F2N2O5/c1-32-22(35)15-10-9-14-17(19(15)23(32)36)11-26(28)24(37)33(13-7-5-12(30)6-8-13)25(38)27(26,29)20(14)16-3-2-4-18(31)21(16)34/h2-9,15,17,19-20,34H,10-11H2,1H3. The molecule has 6 unspecified atom stereocenters. The monoisotopic (exact) mass is 560 g/mol. The maximum Gasteiger partial charge on any atom is 0.258 e. The highest BCUT2D eigenvalue weighted by atomic mass is 35.5. The lowest BCUT2D eigenvalue weighted by Crippen LogP contribution is -2.60. The van der Waals surface area contributed by atoms with Gasteiger partial charge >= 0.3 is 0 Å². The molecule has 6 atom stereocenters. The van der Waals surface area contributed by atoms with Gasteiger partial charge in [0.2, 0.25) is 11.8 Å². The van der Waals surface area contributed by atoms with Crippen LogP contribution in [0.25, 0.3) is 0 Å². The van der Waals surface area contributed by atoms with Crippen LogP contribution in [0.15, 0.2) is 54.1 Å². The summed E-state index contributed by atoms with van der Waals surface area (Å²) in [6.45, 7) is 0. The molecule has 7 nitrogen and oxygen atoms in total. The number of hydrogen-bond acceptors (Lipinski definition) is 5. The molecule has 2 aromatic rings. The number of aromatic hydroxyl groups is 1. The maximum atomic E-state index is 14.6. The van der Waals surface area contributed by atoms with Crippen LogP contribution in [-0.2, 0) is 19.2 Å². The van der Waals surface area contributed by atoms with E-state index in [-0.39, 0.29) is 30.0 Å². The van der Waals surface area contributed by atoms with Crippen LogP contribution in [0, 0.1) is 29.4 Å². The first-order chi connectivity index (χ1) is 17.9. The Bertz CT molecular complexity index is 1480. The third kappa shape index (κ3) is 2.94. The Kier molecular flexibility index (Phi) is 5.33. The first-order valence-corrected chi connectivity index (χ1v) is 12.7. The molecule has 0 aromatic heterocycles. The van der Waals surface area contributed by atoms with E-state index in [1.807, 2.05) is 0 Å². The molecule has 1 N–H and O–H groups in total. The molecule has 4 amide bonds. The highest BCUT2D eigenvalue weighted by Crippen LogP contribution is 2.66. The Labute approximate surface area is 225 Å². The second kappa shape index (κ2) is 8.10. The number of rotatable bonds is 2.